The van der Waals surface area contributed by atoms with E-state index in [1.54, 1.807) is 11.8 Å². The maximum Gasteiger partial charge on any atom is 0.261 e. The molecule has 2 saturated heterocycles. The largest absolute Gasteiger partial charge is 0.355 e. The summed E-state index contributed by atoms with van der Waals surface area (Å²) in [7, 11) is 0. The van der Waals surface area contributed by atoms with Gasteiger partial charge in [-0.25, -0.2) is 0 Å². The number of benzene rings is 1. The number of likely N-dealkylation sites (tertiary alicyclic amines) is 1. The molecule has 0 spiro atoms. The van der Waals surface area contributed by atoms with Gasteiger partial charge in [0.25, 0.3) is 5.91 Å². The molecule has 1 saturated carbocycles. The van der Waals surface area contributed by atoms with Crippen LogP contribution in [0.3, 0.4) is 0 Å². The fraction of sp³-hybridized carbons (Fsp3) is 0.630. The SMILES string of the molecule is Cc1ccc(/C=C2/SC3CCCCC3N(CC(=O)NCCCN3CCCCC3C)C2=O)cc1. The molecule has 1 N–H and O–H groups in total. The number of hydrogen-bond donors (Lipinski definition) is 1. The topological polar surface area (TPSA) is 52.7 Å². The third-order valence-electron chi connectivity index (χ3n) is 7.39. The van der Waals surface area contributed by atoms with Gasteiger partial charge in [0.05, 0.1) is 4.91 Å². The smallest absolute Gasteiger partial charge is 0.261 e. The van der Waals surface area contributed by atoms with Crippen LogP contribution in [0, 0.1) is 6.92 Å². The van der Waals surface area contributed by atoms with E-state index < -0.39 is 0 Å². The van der Waals surface area contributed by atoms with Crippen LogP contribution in [0.5, 0.6) is 0 Å². The number of thioether (sulfide) groups is 1. The normalized spacial score (nSPS) is 27.5. The molecule has 0 aromatic heterocycles. The van der Waals surface area contributed by atoms with E-state index in [4.69, 9.17) is 0 Å². The van der Waals surface area contributed by atoms with Crippen molar-refractivity contribution in [3.8, 4) is 0 Å². The minimum Gasteiger partial charge on any atom is -0.355 e. The highest BCUT2D eigenvalue weighted by molar-refractivity contribution is 8.04. The van der Waals surface area contributed by atoms with Crippen LogP contribution in [0.4, 0.5) is 0 Å². The van der Waals surface area contributed by atoms with Gasteiger partial charge in [0.1, 0.15) is 6.54 Å². The van der Waals surface area contributed by atoms with Crippen molar-refractivity contribution in [3.63, 3.8) is 0 Å². The molecule has 3 aliphatic rings. The van der Waals surface area contributed by atoms with Gasteiger partial charge in [-0.1, -0.05) is 49.1 Å². The lowest BCUT2D eigenvalue weighted by molar-refractivity contribution is -0.135. The monoisotopic (exact) mass is 469 g/mol. The zero-order chi connectivity index (χ0) is 23.2. The van der Waals surface area contributed by atoms with Crippen LogP contribution in [-0.4, -0.2) is 65.1 Å². The molecule has 1 aromatic carbocycles. The molecule has 3 atom stereocenters. The Balaban J connectivity index is 1.35. The first-order valence-electron chi connectivity index (χ1n) is 12.8. The second kappa shape index (κ2) is 11.6. The number of rotatable bonds is 7. The fourth-order valence-electron chi connectivity index (χ4n) is 5.39. The molecule has 4 rings (SSSR count). The maximum atomic E-state index is 13.4. The van der Waals surface area contributed by atoms with Crippen LogP contribution in [-0.2, 0) is 9.59 Å². The van der Waals surface area contributed by atoms with Crippen molar-refractivity contribution >= 4 is 29.7 Å². The van der Waals surface area contributed by atoms with Gasteiger partial charge < -0.3 is 15.1 Å². The number of nitrogens with one attached hydrogen (secondary N) is 1. The van der Waals surface area contributed by atoms with E-state index in [2.05, 4.69) is 48.3 Å². The van der Waals surface area contributed by atoms with Crippen molar-refractivity contribution in [1.82, 2.24) is 15.1 Å². The fourth-order valence-corrected chi connectivity index (χ4v) is 6.86. The molecule has 0 bridgehead atoms. The Bertz CT molecular complexity index is 853. The predicted molar refractivity (Wildman–Crippen MR) is 137 cm³/mol. The van der Waals surface area contributed by atoms with E-state index in [1.165, 1.54) is 37.8 Å². The zero-order valence-electron chi connectivity index (χ0n) is 20.2. The summed E-state index contributed by atoms with van der Waals surface area (Å²) in [5.41, 5.74) is 2.25. The molecular formula is C27H39N3O2S. The molecule has 5 nitrogen and oxygen atoms in total. The summed E-state index contributed by atoms with van der Waals surface area (Å²) in [6, 6.07) is 9.09. The predicted octanol–water partition coefficient (Wildman–Crippen LogP) is 4.60. The highest BCUT2D eigenvalue weighted by atomic mass is 32.2. The van der Waals surface area contributed by atoms with Crippen LogP contribution in [0.15, 0.2) is 29.2 Å². The van der Waals surface area contributed by atoms with Gasteiger partial charge in [-0.3, -0.25) is 9.59 Å². The molecular weight excluding hydrogens is 430 g/mol. The van der Waals surface area contributed by atoms with Gasteiger partial charge in [0, 0.05) is 30.4 Å². The Morgan fingerprint density at radius 2 is 1.88 bits per heavy atom. The number of piperidine rings is 1. The Hall–Kier alpha value is -1.79. The minimum absolute atomic E-state index is 0.0148. The molecule has 3 fully saturated rings. The van der Waals surface area contributed by atoms with Crippen molar-refractivity contribution in [3.05, 3.63) is 40.3 Å². The van der Waals surface area contributed by atoms with Crippen LogP contribution in [0.25, 0.3) is 6.08 Å². The summed E-state index contributed by atoms with van der Waals surface area (Å²) >= 11 is 1.72. The van der Waals surface area contributed by atoms with Crippen LogP contribution in [0.2, 0.25) is 0 Å². The lowest BCUT2D eigenvalue weighted by Gasteiger charge is -2.43. The van der Waals surface area contributed by atoms with Gasteiger partial charge >= 0.3 is 0 Å². The van der Waals surface area contributed by atoms with E-state index in [1.807, 2.05) is 11.0 Å². The van der Waals surface area contributed by atoms with Crippen molar-refractivity contribution in [2.75, 3.05) is 26.2 Å². The molecule has 3 unspecified atom stereocenters. The molecule has 6 heteroatoms. The quantitative estimate of drug-likeness (QED) is 0.468. The molecule has 2 amide bonds. The molecule has 1 aliphatic carbocycles. The Morgan fingerprint density at radius 3 is 2.67 bits per heavy atom. The minimum atomic E-state index is -0.0269. The van der Waals surface area contributed by atoms with Gasteiger partial charge in [-0.15, -0.1) is 11.8 Å². The Labute approximate surface area is 203 Å². The zero-order valence-corrected chi connectivity index (χ0v) is 21.0. The third kappa shape index (κ3) is 6.42. The van der Waals surface area contributed by atoms with Gasteiger partial charge in [-0.05, 0) is 64.1 Å². The number of aryl methyl sites for hydroxylation is 1. The second-order valence-electron chi connectivity index (χ2n) is 9.94. The van der Waals surface area contributed by atoms with E-state index in [0.29, 0.717) is 17.8 Å². The average molecular weight is 470 g/mol. The van der Waals surface area contributed by atoms with Gasteiger partial charge in [-0.2, -0.15) is 0 Å². The van der Waals surface area contributed by atoms with Crippen molar-refractivity contribution in [2.45, 2.75) is 82.5 Å². The molecule has 0 radical (unpaired) electrons. The molecule has 2 aliphatic heterocycles. The van der Waals surface area contributed by atoms with E-state index in [0.717, 1.165) is 42.7 Å². The summed E-state index contributed by atoms with van der Waals surface area (Å²) in [4.78, 5) is 31.4. The number of amides is 2. The van der Waals surface area contributed by atoms with Crippen molar-refractivity contribution in [1.29, 1.82) is 0 Å². The molecule has 33 heavy (non-hydrogen) atoms. The van der Waals surface area contributed by atoms with E-state index in [9.17, 15) is 9.59 Å². The van der Waals surface area contributed by atoms with Crippen molar-refractivity contribution in [2.24, 2.45) is 0 Å². The molecule has 1 aromatic rings. The standard InChI is InChI=1S/C27H39N3O2S/c1-20-11-13-22(14-12-20)18-25-27(32)30(23-9-3-4-10-24(23)33-25)19-26(31)28-15-7-17-29-16-6-5-8-21(29)2/h11-14,18,21,23-24H,3-10,15-17,19H2,1-2H3,(H,28,31)/b25-18+. The van der Waals surface area contributed by atoms with Gasteiger partial charge in [0.15, 0.2) is 0 Å². The number of carbonyl (C=O) groups is 2. The average Bonchev–Trinajstić information content (AvgIpc) is 2.82. The van der Waals surface area contributed by atoms with Gasteiger partial charge in [0.2, 0.25) is 5.91 Å². The van der Waals surface area contributed by atoms with Crippen molar-refractivity contribution < 1.29 is 9.59 Å². The maximum absolute atomic E-state index is 13.4. The number of hydrogen-bond acceptors (Lipinski definition) is 4. The first-order valence-corrected chi connectivity index (χ1v) is 13.7. The summed E-state index contributed by atoms with van der Waals surface area (Å²) in [6.07, 6.45) is 11.3. The third-order valence-corrected chi connectivity index (χ3v) is 8.79. The summed E-state index contributed by atoms with van der Waals surface area (Å²) in [6.45, 7) is 7.44. The van der Waals surface area contributed by atoms with Crippen LogP contribution < -0.4 is 5.32 Å². The Morgan fingerprint density at radius 1 is 1.12 bits per heavy atom. The van der Waals surface area contributed by atoms with E-state index >= 15 is 0 Å². The lowest BCUT2D eigenvalue weighted by Crippen LogP contribution is -2.54. The number of nitrogens with zero attached hydrogens (tertiary/aromatic N) is 2. The summed E-state index contributed by atoms with van der Waals surface area (Å²) in [5, 5.41) is 3.48. The summed E-state index contributed by atoms with van der Waals surface area (Å²) in [5.74, 6) is -0.0121. The lowest BCUT2D eigenvalue weighted by atomic mass is 9.93. The van der Waals surface area contributed by atoms with Crippen LogP contribution >= 0.6 is 11.8 Å². The second-order valence-corrected chi connectivity index (χ2v) is 11.2. The first-order chi connectivity index (χ1) is 16.0. The number of fused-ring (bicyclic) bond motifs is 1. The van der Waals surface area contributed by atoms with E-state index in [-0.39, 0.29) is 24.4 Å². The first kappa shape index (κ1) is 24.3. The Kier molecular flexibility index (Phi) is 8.53. The summed E-state index contributed by atoms with van der Waals surface area (Å²) < 4.78 is 0. The highest BCUT2D eigenvalue weighted by Gasteiger charge is 2.41. The molecule has 2 heterocycles. The highest BCUT2D eigenvalue weighted by Crippen LogP contribution is 2.42. The molecule has 180 valence electrons. The van der Waals surface area contributed by atoms with Crippen LogP contribution in [0.1, 0.15) is 69.4 Å². The number of carbonyl (C=O) groups excluding carboxylic acids is 2.